The van der Waals surface area contributed by atoms with E-state index in [0.717, 1.165) is 16.0 Å². The van der Waals surface area contributed by atoms with Gasteiger partial charge in [0.15, 0.2) is 5.54 Å². The topological polar surface area (TPSA) is 49.3 Å². The molecule has 0 spiro atoms. The van der Waals surface area contributed by atoms with E-state index in [1.54, 1.807) is 11.3 Å². The van der Waals surface area contributed by atoms with Crippen LogP contribution in [-0.4, -0.2) is 11.1 Å². The van der Waals surface area contributed by atoms with Crippen molar-refractivity contribution in [2.75, 3.05) is 0 Å². The maximum absolute atomic E-state index is 12.3. The van der Waals surface area contributed by atoms with Gasteiger partial charge in [0.2, 0.25) is 0 Å². The molecule has 0 saturated carbocycles. The molecule has 0 fully saturated rings. The third-order valence-electron chi connectivity index (χ3n) is 3.84. The summed E-state index contributed by atoms with van der Waals surface area (Å²) in [5.74, 6) is -0.911. The summed E-state index contributed by atoms with van der Waals surface area (Å²) < 4.78 is 0. The second-order valence-electron chi connectivity index (χ2n) is 5.22. The zero-order valence-electron chi connectivity index (χ0n) is 12.5. The molecule has 0 radical (unpaired) electrons. The molecule has 2 aromatic carbocycles. The molecule has 1 heterocycles. The number of carboxylic acids is 1. The molecule has 116 valence electrons. The van der Waals surface area contributed by atoms with Gasteiger partial charge in [-0.1, -0.05) is 66.7 Å². The highest BCUT2D eigenvalue weighted by Gasteiger charge is 2.41. The molecule has 0 saturated heterocycles. The summed E-state index contributed by atoms with van der Waals surface area (Å²) in [4.78, 5) is 13.4. The van der Waals surface area contributed by atoms with Gasteiger partial charge in [-0.15, -0.1) is 11.3 Å². The van der Waals surface area contributed by atoms with E-state index in [2.05, 4.69) is 5.32 Å². The molecule has 3 aromatic rings. The molecule has 0 atom stereocenters. The van der Waals surface area contributed by atoms with Crippen LogP contribution in [-0.2, 0) is 16.9 Å². The number of carbonyl (C=O) groups is 1. The summed E-state index contributed by atoms with van der Waals surface area (Å²) in [6.07, 6.45) is 0. The van der Waals surface area contributed by atoms with E-state index in [-0.39, 0.29) is 0 Å². The lowest BCUT2D eigenvalue weighted by Gasteiger charge is -2.31. The number of nitrogens with one attached hydrogen (secondary N) is 1. The zero-order valence-corrected chi connectivity index (χ0v) is 13.3. The maximum Gasteiger partial charge on any atom is 0.333 e. The summed E-state index contributed by atoms with van der Waals surface area (Å²) in [6.45, 7) is 0.494. The SMILES string of the molecule is O=C(O)C(NCc1cccs1)(c1ccccc1)c1ccccc1. The van der Waals surface area contributed by atoms with Crippen LogP contribution in [0.3, 0.4) is 0 Å². The van der Waals surface area contributed by atoms with Crippen molar-refractivity contribution in [3.63, 3.8) is 0 Å². The zero-order chi connectivity index (χ0) is 16.1. The Balaban J connectivity index is 2.08. The van der Waals surface area contributed by atoms with Crippen molar-refractivity contribution in [3.8, 4) is 0 Å². The fraction of sp³-hybridized carbons (Fsp3) is 0.105. The molecular formula is C19H17NO2S. The third kappa shape index (κ3) is 3.04. The highest BCUT2D eigenvalue weighted by molar-refractivity contribution is 7.09. The van der Waals surface area contributed by atoms with Crippen LogP contribution in [0.15, 0.2) is 78.2 Å². The second kappa shape index (κ2) is 6.77. The van der Waals surface area contributed by atoms with Crippen molar-refractivity contribution < 1.29 is 9.90 Å². The van der Waals surface area contributed by atoms with Gasteiger partial charge in [0.25, 0.3) is 0 Å². The van der Waals surface area contributed by atoms with Crippen LogP contribution in [0.2, 0.25) is 0 Å². The van der Waals surface area contributed by atoms with Crippen LogP contribution >= 0.6 is 11.3 Å². The van der Waals surface area contributed by atoms with Crippen molar-refractivity contribution in [1.29, 1.82) is 0 Å². The van der Waals surface area contributed by atoms with Crippen molar-refractivity contribution in [1.82, 2.24) is 5.32 Å². The molecular weight excluding hydrogens is 306 g/mol. The lowest BCUT2D eigenvalue weighted by Crippen LogP contribution is -2.49. The number of hydrogen-bond donors (Lipinski definition) is 2. The molecule has 0 amide bonds. The summed E-state index contributed by atoms with van der Waals surface area (Å²) in [5.41, 5.74) is 0.164. The Bertz CT molecular complexity index is 715. The van der Waals surface area contributed by atoms with Gasteiger partial charge >= 0.3 is 5.97 Å². The van der Waals surface area contributed by atoms with E-state index >= 15 is 0 Å². The quantitative estimate of drug-likeness (QED) is 0.724. The summed E-state index contributed by atoms with van der Waals surface area (Å²) in [6, 6.07) is 22.6. The van der Waals surface area contributed by atoms with Crippen LogP contribution in [0.4, 0.5) is 0 Å². The minimum Gasteiger partial charge on any atom is -0.479 e. The Morgan fingerprint density at radius 1 is 0.913 bits per heavy atom. The predicted molar refractivity (Wildman–Crippen MR) is 92.5 cm³/mol. The Labute approximate surface area is 139 Å². The van der Waals surface area contributed by atoms with Crippen LogP contribution in [0.25, 0.3) is 0 Å². The second-order valence-corrected chi connectivity index (χ2v) is 6.25. The molecule has 2 N–H and O–H groups in total. The molecule has 3 rings (SSSR count). The smallest absolute Gasteiger partial charge is 0.333 e. The first-order chi connectivity index (χ1) is 11.2. The first kappa shape index (κ1) is 15.5. The van der Waals surface area contributed by atoms with Crippen LogP contribution in [0.5, 0.6) is 0 Å². The fourth-order valence-electron chi connectivity index (χ4n) is 2.70. The highest BCUT2D eigenvalue weighted by Crippen LogP contribution is 2.31. The van der Waals surface area contributed by atoms with E-state index in [1.165, 1.54) is 0 Å². The monoisotopic (exact) mass is 323 g/mol. The largest absolute Gasteiger partial charge is 0.479 e. The summed E-state index contributed by atoms with van der Waals surface area (Å²) in [5, 5.41) is 15.4. The molecule has 0 bridgehead atoms. The number of benzene rings is 2. The van der Waals surface area contributed by atoms with E-state index in [1.807, 2.05) is 78.2 Å². The highest BCUT2D eigenvalue weighted by atomic mass is 32.1. The minimum atomic E-state index is -1.27. The molecule has 0 aliphatic rings. The standard InChI is InChI=1S/C19H17NO2S/c21-18(22)19(15-8-3-1-4-9-15,16-10-5-2-6-11-16)20-14-17-12-7-13-23-17/h1-13,20H,14H2,(H,21,22). The first-order valence-electron chi connectivity index (χ1n) is 7.35. The summed E-state index contributed by atoms with van der Waals surface area (Å²) >= 11 is 1.61. The van der Waals surface area contributed by atoms with E-state index in [4.69, 9.17) is 0 Å². The molecule has 3 nitrogen and oxygen atoms in total. The Kier molecular flexibility index (Phi) is 4.55. The molecule has 1 aromatic heterocycles. The van der Waals surface area contributed by atoms with Crippen molar-refractivity contribution >= 4 is 17.3 Å². The maximum atomic E-state index is 12.3. The third-order valence-corrected chi connectivity index (χ3v) is 4.72. The van der Waals surface area contributed by atoms with E-state index in [9.17, 15) is 9.90 Å². The number of aliphatic carboxylic acids is 1. The average molecular weight is 323 g/mol. The van der Waals surface area contributed by atoms with Gasteiger partial charge in [-0.25, -0.2) is 4.79 Å². The van der Waals surface area contributed by atoms with Gasteiger partial charge in [-0.05, 0) is 22.6 Å². The van der Waals surface area contributed by atoms with Gasteiger partial charge < -0.3 is 5.11 Å². The van der Waals surface area contributed by atoms with Gasteiger partial charge in [-0.2, -0.15) is 0 Å². The van der Waals surface area contributed by atoms with Gasteiger partial charge in [0.1, 0.15) is 0 Å². The van der Waals surface area contributed by atoms with Crippen molar-refractivity contribution in [2.24, 2.45) is 0 Å². The summed E-state index contributed by atoms with van der Waals surface area (Å²) in [7, 11) is 0. The lowest BCUT2D eigenvalue weighted by molar-refractivity contribution is -0.143. The lowest BCUT2D eigenvalue weighted by atomic mass is 9.82. The fourth-order valence-corrected chi connectivity index (χ4v) is 3.35. The molecule has 0 aliphatic heterocycles. The van der Waals surface area contributed by atoms with E-state index < -0.39 is 11.5 Å². The Morgan fingerprint density at radius 2 is 1.48 bits per heavy atom. The molecule has 4 heteroatoms. The number of carboxylic acid groups (broad SMARTS) is 1. The van der Waals surface area contributed by atoms with Gasteiger partial charge in [0, 0.05) is 11.4 Å². The molecule has 23 heavy (non-hydrogen) atoms. The van der Waals surface area contributed by atoms with Crippen LogP contribution < -0.4 is 5.32 Å². The first-order valence-corrected chi connectivity index (χ1v) is 8.23. The van der Waals surface area contributed by atoms with Crippen LogP contribution in [0.1, 0.15) is 16.0 Å². The van der Waals surface area contributed by atoms with E-state index in [0.29, 0.717) is 6.54 Å². The normalized spacial score (nSPS) is 11.3. The Morgan fingerprint density at radius 3 is 1.91 bits per heavy atom. The Hall–Kier alpha value is -2.43. The van der Waals surface area contributed by atoms with Crippen molar-refractivity contribution in [2.45, 2.75) is 12.1 Å². The number of thiophene rings is 1. The predicted octanol–water partition coefficient (Wildman–Crippen LogP) is 3.87. The molecule has 0 unspecified atom stereocenters. The van der Waals surface area contributed by atoms with Gasteiger partial charge in [-0.3, -0.25) is 5.32 Å². The average Bonchev–Trinajstić information content (AvgIpc) is 3.11. The van der Waals surface area contributed by atoms with Crippen LogP contribution in [0, 0.1) is 0 Å². The number of rotatable bonds is 6. The van der Waals surface area contributed by atoms with Gasteiger partial charge in [0.05, 0.1) is 0 Å². The number of hydrogen-bond acceptors (Lipinski definition) is 3. The minimum absolute atomic E-state index is 0.494. The van der Waals surface area contributed by atoms with Crippen molar-refractivity contribution in [3.05, 3.63) is 94.2 Å². The molecule has 0 aliphatic carbocycles.